The largest absolute Gasteiger partial charge is 0.389 e. The lowest BCUT2D eigenvalue weighted by Crippen LogP contribution is -2.48. The molecule has 1 aliphatic rings. The maximum Gasteiger partial charge on any atom is 0.0826 e. The molecule has 4 heteroatoms. The van der Waals surface area contributed by atoms with Crippen LogP contribution in [0.2, 0.25) is 0 Å². The van der Waals surface area contributed by atoms with E-state index in [0.29, 0.717) is 6.54 Å². The summed E-state index contributed by atoms with van der Waals surface area (Å²) in [6.45, 7) is 11.5. The van der Waals surface area contributed by atoms with Crippen LogP contribution in [0.3, 0.4) is 0 Å². The molecule has 0 bridgehead atoms. The Kier molecular flexibility index (Phi) is 5.69. The van der Waals surface area contributed by atoms with Crippen molar-refractivity contribution in [3.05, 3.63) is 0 Å². The fraction of sp³-hybridized carbons (Fsp3) is 1.00. The fourth-order valence-electron chi connectivity index (χ4n) is 1.82. The van der Waals surface area contributed by atoms with Crippen LogP contribution in [0.4, 0.5) is 0 Å². The first-order valence-corrected chi connectivity index (χ1v) is 6.34. The van der Waals surface area contributed by atoms with Crippen molar-refractivity contribution in [1.82, 2.24) is 10.2 Å². The normalized spacial score (nSPS) is 26.6. The minimum absolute atomic E-state index is 0.265. The maximum atomic E-state index is 9.84. The molecule has 1 saturated heterocycles. The Morgan fingerprint density at radius 3 is 2.88 bits per heavy atom. The average Bonchev–Trinajstić information content (AvgIpc) is 2.29. The highest BCUT2D eigenvalue weighted by Crippen LogP contribution is 2.07. The number of morpholine rings is 1. The second kappa shape index (κ2) is 6.55. The van der Waals surface area contributed by atoms with Crippen LogP contribution in [0.1, 0.15) is 27.2 Å². The summed E-state index contributed by atoms with van der Waals surface area (Å²) in [5.41, 5.74) is -0.598. The minimum atomic E-state index is -0.598. The lowest BCUT2D eigenvalue weighted by molar-refractivity contribution is -0.0286. The number of nitrogens with one attached hydrogen (secondary N) is 1. The smallest absolute Gasteiger partial charge is 0.0826 e. The summed E-state index contributed by atoms with van der Waals surface area (Å²) in [5, 5.41) is 13.1. The molecule has 0 aromatic heterocycles. The number of rotatable bonds is 6. The zero-order valence-electron chi connectivity index (χ0n) is 10.8. The van der Waals surface area contributed by atoms with E-state index in [-0.39, 0.29) is 6.10 Å². The van der Waals surface area contributed by atoms with Gasteiger partial charge in [-0.05, 0) is 19.9 Å². The van der Waals surface area contributed by atoms with Crippen LogP contribution in [0.15, 0.2) is 0 Å². The highest BCUT2D eigenvalue weighted by molar-refractivity contribution is 4.77. The van der Waals surface area contributed by atoms with E-state index in [2.05, 4.69) is 17.1 Å². The van der Waals surface area contributed by atoms with Gasteiger partial charge in [-0.3, -0.25) is 4.90 Å². The number of hydrogen-bond acceptors (Lipinski definition) is 4. The molecular formula is C12H26N2O2. The molecule has 1 fully saturated rings. The topological polar surface area (TPSA) is 44.7 Å². The lowest BCUT2D eigenvalue weighted by Gasteiger charge is -2.33. The van der Waals surface area contributed by atoms with Gasteiger partial charge in [0.05, 0.1) is 18.3 Å². The predicted molar refractivity (Wildman–Crippen MR) is 65.6 cm³/mol. The molecule has 0 amide bonds. The summed E-state index contributed by atoms with van der Waals surface area (Å²) in [7, 11) is 0. The highest BCUT2D eigenvalue weighted by Gasteiger charge is 2.21. The van der Waals surface area contributed by atoms with Crippen molar-refractivity contribution >= 4 is 0 Å². The Balaban J connectivity index is 2.17. The Bertz CT molecular complexity index is 197. The van der Waals surface area contributed by atoms with Crippen LogP contribution >= 0.6 is 0 Å². The van der Waals surface area contributed by atoms with Gasteiger partial charge in [0.1, 0.15) is 0 Å². The SMILES string of the molecule is CCN1CCOC(CNCC(C)(O)CC)C1. The predicted octanol–water partition coefficient (Wildman–Crippen LogP) is 0.458. The van der Waals surface area contributed by atoms with E-state index < -0.39 is 5.60 Å². The second-order valence-corrected chi connectivity index (χ2v) is 4.87. The van der Waals surface area contributed by atoms with Crippen LogP contribution in [-0.2, 0) is 4.74 Å². The number of ether oxygens (including phenoxy) is 1. The van der Waals surface area contributed by atoms with Gasteiger partial charge in [0.2, 0.25) is 0 Å². The summed E-state index contributed by atoms with van der Waals surface area (Å²) in [6.07, 6.45) is 1.04. The first-order chi connectivity index (χ1) is 7.57. The van der Waals surface area contributed by atoms with Gasteiger partial charge < -0.3 is 15.2 Å². The van der Waals surface area contributed by atoms with Gasteiger partial charge in [-0.15, -0.1) is 0 Å². The van der Waals surface area contributed by atoms with Crippen LogP contribution in [0, 0.1) is 0 Å². The third-order valence-corrected chi connectivity index (χ3v) is 3.31. The van der Waals surface area contributed by atoms with Gasteiger partial charge in [0, 0.05) is 26.2 Å². The number of likely N-dealkylation sites (N-methyl/N-ethyl adjacent to an activating group) is 1. The van der Waals surface area contributed by atoms with E-state index in [9.17, 15) is 5.11 Å². The highest BCUT2D eigenvalue weighted by atomic mass is 16.5. The Labute approximate surface area is 99.0 Å². The van der Waals surface area contributed by atoms with E-state index in [1.807, 2.05) is 13.8 Å². The third kappa shape index (κ3) is 4.78. The van der Waals surface area contributed by atoms with Gasteiger partial charge in [0.15, 0.2) is 0 Å². The average molecular weight is 230 g/mol. The molecule has 1 aliphatic heterocycles. The van der Waals surface area contributed by atoms with Gasteiger partial charge in [-0.1, -0.05) is 13.8 Å². The van der Waals surface area contributed by atoms with Crippen molar-refractivity contribution in [2.75, 3.05) is 39.3 Å². The molecule has 2 atom stereocenters. The van der Waals surface area contributed by atoms with Crippen LogP contribution < -0.4 is 5.32 Å². The summed E-state index contributed by atoms with van der Waals surface area (Å²) >= 11 is 0. The van der Waals surface area contributed by atoms with E-state index in [1.165, 1.54) is 0 Å². The molecule has 2 unspecified atom stereocenters. The van der Waals surface area contributed by atoms with Crippen molar-refractivity contribution in [2.24, 2.45) is 0 Å². The van der Waals surface area contributed by atoms with Gasteiger partial charge in [-0.25, -0.2) is 0 Å². The van der Waals surface area contributed by atoms with Crippen molar-refractivity contribution in [2.45, 2.75) is 38.9 Å². The molecule has 0 aromatic carbocycles. The standard InChI is InChI=1S/C12H26N2O2/c1-4-12(3,15)10-13-8-11-9-14(5-2)6-7-16-11/h11,13,15H,4-10H2,1-3H3. The second-order valence-electron chi connectivity index (χ2n) is 4.87. The molecule has 0 radical (unpaired) electrons. The van der Waals surface area contributed by atoms with Gasteiger partial charge in [0.25, 0.3) is 0 Å². The molecular weight excluding hydrogens is 204 g/mol. The molecule has 4 nitrogen and oxygen atoms in total. The van der Waals surface area contributed by atoms with E-state index in [4.69, 9.17) is 4.74 Å². The molecule has 0 aliphatic carbocycles. The Hall–Kier alpha value is -0.160. The zero-order valence-corrected chi connectivity index (χ0v) is 10.8. The van der Waals surface area contributed by atoms with Crippen LogP contribution in [-0.4, -0.2) is 61.0 Å². The van der Waals surface area contributed by atoms with Crippen molar-refractivity contribution in [1.29, 1.82) is 0 Å². The monoisotopic (exact) mass is 230 g/mol. The van der Waals surface area contributed by atoms with E-state index >= 15 is 0 Å². The molecule has 0 saturated carbocycles. The van der Waals surface area contributed by atoms with Gasteiger partial charge >= 0.3 is 0 Å². The van der Waals surface area contributed by atoms with Crippen LogP contribution in [0.5, 0.6) is 0 Å². The number of nitrogens with zero attached hydrogens (tertiary/aromatic N) is 1. The molecule has 16 heavy (non-hydrogen) atoms. The van der Waals surface area contributed by atoms with Gasteiger partial charge in [-0.2, -0.15) is 0 Å². The quantitative estimate of drug-likeness (QED) is 0.696. The molecule has 0 aromatic rings. The Morgan fingerprint density at radius 1 is 1.50 bits per heavy atom. The molecule has 1 heterocycles. The van der Waals surface area contributed by atoms with Crippen LogP contribution in [0.25, 0.3) is 0 Å². The minimum Gasteiger partial charge on any atom is -0.389 e. The molecule has 0 spiro atoms. The summed E-state index contributed by atoms with van der Waals surface area (Å²) in [5.74, 6) is 0. The molecule has 2 N–H and O–H groups in total. The van der Waals surface area contributed by atoms with E-state index in [1.54, 1.807) is 0 Å². The van der Waals surface area contributed by atoms with Crippen molar-refractivity contribution in [3.8, 4) is 0 Å². The number of aliphatic hydroxyl groups is 1. The van der Waals surface area contributed by atoms with E-state index in [0.717, 1.165) is 39.2 Å². The summed E-state index contributed by atoms with van der Waals surface area (Å²) < 4.78 is 5.67. The first kappa shape index (κ1) is 13.9. The lowest BCUT2D eigenvalue weighted by atomic mass is 10.0. The molecule has 96 valence electrons. The Morgan fingerprint density at radius 2 is 2.25 bits per heavy atom. The molecule has 1 rings (SSSR count). The summed E-state index contributed by atoms with van der Waals surface area (Å²) in [6, 6.07) is 0. The van der Waals surface area contributed by atoms with Crippen molar-refractivity contribution < 1.29 is 9.84 Å². The number of hydrogen-bond donors (Lipinski definition) is 2. The zero-order chi connectivity index (χ0) is 12.0. The maximum absolute atomic E-state index is 9.84. The first-order valence-electron chi connectivity index (χ1n) is 6.34. The summed E-state index contributed by atoms with van der Waals surface area (Å²) in [4.78, 5) is 2.40. The fourth-order valence-corrected chi connectivity index (χ4v) is 1.82. The van der Waals surface area contributed by atoms with Crippen molar-refractivity contribution in [3.63, 3.8) is 0 Å². The third-order valence-electron chi connectivity index (χ3n) is 3.31.